The van der Waals surface area contributed by atoms with Crippen LogP contribution in [0.25, 0.3) is 0 Å². The Morgan fingerprint density at radius 3 is 1.27 bits per heavy atom. The molecule has 0 spiro atoms. The van der Waals surface area contributed by atoms with Gasteiger partial charge in [-0.3, -0.25) is 0 Å². The van der Waals surface area contributed by atoms with Crippen molar-refractivity contribution >= 4 is 0 Å². The molecule has 7 heteroatoms. The minimum atomic E-state index is -5.01. The fraction of sp³-hybridized carbons (Fsp3) is 0.200. The zero-order chi connectivity index (χ0) is 16.5. The SMILES string of the molecule is Oc1ccc(C(F)(c2ccc(O)cc2)C(F)(F)C(F)F)cc1. The summed E-state index contributed by atoms with van der Waals surface area (Å²) in [6.45, 7) is 0. The third-order valence-electron chi connectivity index (χ3n) is 3.26. The molecule has 0 unspecified atom stereocenters. The number of phenols is 2. The van der Waals surface area contributed by atoms with Crippen molar-refractivity contribution in [2.45, 2.75) is 18.0 Å². The van der Waals surface area contributed by atoms with Crippen LogP contribution in [-0.4, -0.2) is 22.6 Å². The number of hydrogen-bond donors (Lipinski definition) is 2. The molecule has 2 aromatic carbocycles. The molecule has 0 aliphatic heterocycles. The molecule has 0 saturated carbocycles. The molecule has 0 aliphatic rings. The summed E-state index contributed by atoms with van der Waals surface area (Å²) in [4.78, 5) is 0. The van der Waals surface area contributed by atoms with Gasteiger partial charge in [-0.15, -0.1) is 0 Å². The Balaban J connectivity index is 2.68. The van der Waals surface area contributed by atoms with E-state index in [2.05, 4.69) is 0 Å². The molecule has 2 aromatic rings. The van der Waals surface area contributed by atoms with Crippen molar-refractivity contribution in [3.63, 3.8) is 0 Å². The summed E-state index contributed by atoms with van der Waals surface area (Å²) in [6, 6.07) is 6.91. The van der Waals surface area contributed by atoms with Gasteiger partial charge in [-0.05, 0) is 24.3 Å². The molecule has 0 bridgehead atoms. The highest BCUT2D eigenvalue weighted by atomic mass is 19.3. The fourth-order valence-corrected chi connectivity index (χ4v) is 2.08. The van der Waals surface area contributed by atoms with Gasteiger partial charge >= 0.3 is 12.3 Å². The van der Waals surface area contributed by atoms with E-state index in [1.54, 1.807) is 0 Å². The van der Waals surface area contributed by atoms with E-state index in [-0.39, 0.29) is 11.5 Å². The average Bonchev–Trinajstić information content (AvgIpc) is 2.47. The van der Waals surface area contributed by atoms with Gasteiger partial charge in [0.15, 0.2) is 0 Å². The number of rotatable bonds is 4. The van der Waals surface area contributed by atoms with E-state index in [4.69, 9.17) is 10.2 Å². The van der Waals surface area contributed by atoms with Gasteiger partial charge in [0.25, 0.3) is 0 Å². The van der Waals surface area contributed by atoms with Gasteiger partial charge in [0.05, 0.1) is 0 Å². The molecule has 0 atom stereocenters. The lowest BCUT2D eigenvalue weighted by molar-refractivity contribution is -0.204. The van der Waals surface area contributed by atoms with E-state index in [0.717, 1.165) is 48.5 Å². The van der Waals surface area contributed by atoms with Crippen LogP contribution in [0.1, 0.15) is 11.1 Å². The molecular formula is C15H11F5O2. The van der Waals surface area contributed by atoms with Crippen molar-refractivity contribution in [1.29, 1.82) is 0 Å². The first-order valence-electron chi connectivity index (χ1n) is 6.13. The minimum absolute atomic E-state index is 0.322. The van der Waals surface area contributed by atoms with Gasteiger partial charge in [0, 0.05) is 11.1 Å². The van der Waals surface area contributed by atoms with Crippen LogP contribution in [-0.2, 0) is 5.67 Å². The van der Waals surface area contributed by atoms with Gasteiger partial charge in [0.2, 0.25) is 5.67 Å². The molecule has 0 fully saturated rings. The minimum Gasteiger partial charge on any atom is -0.508 e. The Bertz CT molecular complexity index is 592. The lowest BCUT2D eigenvalue weighted by Crippen LogP contribution is -2.48. The smallest absolute Gasteiger partial charge is 0.348 e. The number of aromatic hydroxyl groups is 2. The topological polar surface area (TPSA) is 40.5 Å². The predicted molar refractivity (Wildman–Crippen MR) is 69.1 cm³/mol. The highest BCUT2D eigenvalue weighted by Gasteiger charge is 2.63. The lowest BCUT2D eigenvalue weighted by Gasteiger charge is -2.33. The molecule has 0 radical (unpaired) electrons. The van der Waals surface area contributed by atoms with Gasteiger partial charge in [0.1, 0.15) is 11.5 Å². The van der Waals surface area contributed by atoms with Gasteiger partial charge < -0.3 is 10.2 Å². The molecule has 2 nitrogen and oxygen atoms in total. The second kappa shape index (κ2) is 5.47. The van der Waals surface area contributed by atoms with Crippen LogP contribution in [0.15, 0.2) is 48.5 Å². The Kier molecular flexibility index (Phi) is 4.00. The molecule has 0 saturated heterocycles. The van der Waals surface area contributed by atoms with Crippen LogP contribution in [0.3, 0.4) is 0 Å². The number of hydrogen-bond acceptors (Lipinski definition) is 2. The van der Waals surface area contributed by atoms with Crippen molar-refractivity contribution in [2.24, 2.45) is 0 Å². The maximum absolute atomic E-state index is 15.2. The van der Waals surface area contributed by atoms with E-state index >= 15 is 4.39 Å². The van der Waals surface area contributed by atoms with Crippen LogP contribution < -0.4 is 0 Å². The first-order valence-corrected chi connectivity index (χ1v) is 6.13. The molecule has 22 heavy (non-hydrogen) atoms. The van der Waals surface area contributed by atoms with Crippen molar-refractivity contribution in [2.75, 3.05) is 0 Å². The van der Waals surface area contributed by atoms with Gasteiger partial charge in [-0.1, -0.05) is 24.3 Å². The standard InChI is InChI=1S/C15H11F5O2/c16-13(17)15(19,20)14(18,9-1-5-11(21)6-2-9)10-3-7-12(22)8-4-10/h1-8,13,21-22H. The van der Waals surface area contributed by atoms with Crippen molar-refractivity contribution < 1.29 is 32.2 Å². The molecule has 0 aromatic heterocycles. The first kappa shape index (κ1) is 16.1. The lowest BCUT2D eigenvalue weighted by atomic mass is 9.82. The van der Waals surface area contributed by atoms with Crippen LogP contribution in [0.4, 0.5) is 22.0 Å². The Hall–Kier alpha value is -2.31. The summed E-state index contributed by atoms with van der Waals surface area (Å²) in [5, 5.41) is 18.3. The molecular weight excluding hydrogens is 307 g/mol. The summed E-state index contributed by atoms with van der Waals surface area (Å²) in [5.74, 6) is -5.66. The maximum atomic E-state index is 15.2. The van der Waals surface area contributed by atoms with E-state index in [1.165, 1.54) is 0 Å². The van der Waals surface area contributed by atoms with Crippen LogP contribution in [0.5, 0.6) is 11.5 Å². The molecule has 0 aliphatic carbocycles. The Morgan fingerprint density at radius 1 is 0.682 bits per heavy atom. The Labute approximate surface area is 122 Å². The maximum Gasteiger partial charge on any atom is 0.348 e. The zero-order valence-electron chi connectivity index (χ0n) is 11.0. The van der Waals surface area contributed by atoms with Crippen LogP contribution >= 0.6 is 0 Å². The van der Waals surface area contributed by atoms with Crippen LogP contribution in [0, 0.1) is 0 Å². The first-order chi connectivity index (χ1) is 10.2. The van der Waals surface area contributed by atoms with Crippen LogP contribution in [0.2, 0.25) is 0 Å². The number of phenolic OH excluding ortho intramolecular Hbond substituents is 2. The third kappa shape index (κ3) is 2.47. The fourth-order valence-electron chi connectivity index (χ4n) is 2.08. The second-order valence-corrected chi connectivity index (χ2v) is 4.68. The number of benzene rings is 2. The summed E-state index contributed by atoms with van der Waals surface area (Å²) < 4.78 is 68.5. The Morgan fingerprint density at radius 2 is 1.00 bits per heavy atom. The van der Waals surface area contributed by atoms with E-state index < -0.39 is 29.1 Å². The predicted octanol–water partition coefficient (Wildman–Crippen LogP) is 4.21. The van der Waals surface area contributed by atoms with Crippen molar-refractivity contribution in [3.8, 4) is 11.5 Å². The summed E-state index contributed by atoms with van der Waals surface area (Å²) in [5.41, 5.74) is -5.29. The summed E-state index contributed by atoms with van der Waals surface area (Å²) in [6.07, 6.45) is -4.25. The highest BCUT2D eigenvalue weighted by molar-refractivity contribution is 5.43. The molecule has 2 rings (SSSR count). The van der Waals surface area contributed by atoms with E-state index in [9.17, 15) is 17.6 Å². The molecule has 118 valence electrons. The third-order valence-corrected chi connectivity index (χ3v) is 3.26. The number of halogens is 5. The van der Waals surface area contributed by atoms with Gasteiger partial charge in [-0.2, -0.15) is 8.78 Å². The number of alkyl halides is 5. The normalized spacial score (nSPS) is 12.6. The monoisotopic (exact) mass is 318 g/mol. The van der Waals surface area contributed by atoms with E-state index in [0.29, 0.717) is 0 Å². The van der Waals surface area contributed by atoms with Crippen molar-refractivity contribution in [1.82, 2.24) is 0 Å². The summed E-state index contributed by atoms with van der Waals surface area (Å²) >= 11 is 0. The van der Waals surface area contributed by atoms with E-state index in [1.807, 2.05) is 0 Å². The van der Waals surface area contributed by atoms with Crippen molar-refractivity contribution in [3.05, 3.63) is 59.7 Å². The highest BCUT2D eigenvalue weighted by Crippen LogP contribution is 2.50. The van der Waals surface area contributed by atoms with Gasteiger partial charge in [-0.25, -0.2) is 13.2 Å². The molecule has 2 N–H and O–H groups in total. The quantitative estimate of drug-likeness (QED) is 0.829. The zero-order valence-corrected chi connectivity index (χ0v) is 11.0. The average molecular weight is 318 g/mol. The molecule has 0 amide bonds. The largest absolute Gasteiger partial charge is 0.508 e. The second-order valence-electron chi connectivity index (χ2n) is 4.68. The molecule has 0 heterocycles. The summed E-state index contributed by atoms with van der Waals surface area (Å²) in [7, 11) is 0.